The highest BCUT2D eigenvalue weighted by Gasteiger charge is 2.53. The molecule has 1 N–H and O–H groups in total. The summed E-state index contributed by atoms with van der Waals surface area (Å²) in [7, 11) is 0. The van der Waals surface area contributed by atoms with Crippen LogP contribution in [-0.2, 0) is 0 Å². The molecule has 7 unspecified atom stereocenters. The Morgan fingerprint density at radius 2 is 1.95 bits per heavy atom. The fourth-order valence-corrected chi connectivity index (χ4v) is 6.46. The molecule has 2 bridgehead atoms. The second kappa shape index (κ2) is 5.16. The zero-order chi connectivity index (χ0) is 13.7. The van der Waals surface area contributed by atoms with Crippen molar-refractivity contribution in [1.82, 2.24) is 5.32 Å². The first kappa shape index (κ1) is 13.4. The van der Waals surface area contributed by atoms with Crippen LogP contribution >= 0.6 is 0 Å². The Morgan fingerprint density at radius 3 is 2.80 bits per heavy atom. The third-order valence-electron chi connectivity index (χ3n) is 6.98. The average molecular weight is 273 g/mol. The molecule has 1 heteroatoms. The van der Waals surface area contributed by atoms with Gasteiger partial charge in [-0.05, 0) is 87.5 Å². The summed E-state index contributed by atoms with van der Waals surface area (Å²) in [5, 5.41) is 4.01. The number of hydrogen-bond donors (Lipinski definition) is 1. The van der Waals surface area contributed by atoms with E-state index in [1.807, 2.05) is 0 Å². The van der Waals surface area contributed by atoms with Gasteiger partial charge < -0.3 is 5.32 Å². The van der Waals surface area contributed by atoms with Gasteiger partial charge >= 0.3 is 0 Å². The minimum atomic E-state index is 0.801. The first-order valence-electron chi connectivity index (χ1n) is 9.11. The van der Waals surface area contributed by atoms with Gasteiger partial charge in [-0.15, -0.1) is 0 Å². The van der Waals surface area contributed by atoms with E-state index < -0.39 is 0 Å². The largest absolute Gasteiger partial charge is 0.313 e. The SMILES string of the molecule is CC1=CC(C)CC(CNC2CC3CC2C2CCCC32)C1. The molecule has 0 heterocycles. The van der Waals surface area contributed by atoms with Crippen molar-refractivity contribution in [3.8, 4) is 0 Å². The van der Waals surface area contributed by atoms with E-state index in [4.69, 9.17) is 0 Å². The van der Waals surface area contributed by atoms with E-state index in [9.17, 15) is 0 Å². The summed E-state index contributed by atoms with van der Waals surface area (Å²) >= 11 is 0. The van der Waals surface area contributed by atoms with Crippen LogP contribution in [-0.4, -0.2) is 12.6 Å². The first-order valence-corrected chi connectivity index (χ1v) is 9.11. The molecule has 20 heavy (non-hydrogen) atoms. The number of hydrogen-bond acceptors (Lipinski definition) is 1. The average Bonchev–Trinajstić information content (AvgIpc) is 3.07. The maximum absolute atomic E-state index is 4.01. The zero-order valence-electron chi connectivity index (χ0n) is 13.3. The summed E-state index contributed by atoms with van der Waals surface area (Å²) < 4.78 is 0. The van der Waals surface area contributed by atoms with E-state index in [0.717, 1.165) is 41.5 Å². The Morgan fingerprint density at radius 1 is 1.10 bits per heavy atom. The van der Waals surface area contributed by atoms with Crippen molar-refractivity contribution >= 4 is 0 Å². The standard InChI is InChI=1S/C19H31N/c1-12-6-13(2)8-14(7-12)11-20-19-10-15-9-18(19)17-5-3-4-16(15)17/h6,12,14-20H,3-5,7-11H2,1-2H3. The van der Waals surface area contributed by atoms with E-state index >= 15 is 0 Å². The molecule has 0 radical (unpaired) electrons. The summed E-state index contributed by atoms with van der Waals surface area (Å²) in [6, 6.07) is 0.876. The Balaban J connectivity index is 1.32. The summed E-state index contributed by atoms with van der Waals surface area (Å²) in [5.74, 6) is 6.08. The van der Waals surface area contributed by atoms with Gasteiger partial charge in [0, 0.05) is 6.04 Å². The summed E-state index contributed by atoms with van der Waals surface area (Å²) in [5.41, 5.74) is 1.62. The maximum atomic E-state index is 4.01. The predicted octanol–water partition coefficient (Wildman–Crippen LogP) is 4.39. The second-order valence-corrected chi connectivity index (χ2v) is 8.46. The molecule has 0 spiro atoms. The lowest BCUT2D eigenvalue weighted by atomic mass is 9.78. The molecular weight excluding hydrogens is 242 g/mol. The van der Waals surface area contributed by atoms with Crippen LogP contribution in [0.25, 0.3) is 0 Å². The number of allylic oxidation sites excluding steroid dienone is 2. The van der Waals surface area contributed by atoms with Gasteiger partial charge in [0.05, 0.1) is 0 Å². The van der Waals surface area contributed by atoms with Gasteiger partial charge in [0.1, 0.15) is 0 Å². The van der Waals surface area contributed by atoms with Crippen molar-refractivity contribution in [2.75, 3.05) is 6.54 Å². The van der Waals surface area contributed by atoms with Gasteiger partial charge in [-0.2, -0.15) is 0 Å². The molecule has 0 aromatic rings. The molecular formula is C19H31N. The van der Waals surface area contributed by atoms with Gasteiger partial charge in [0.2, 0.25) is 0 Å². The molecule has 0 aromatic carbocycles. The van der Waals surface area contributed by atoms with E-state index in [0.29, 0.717) is 0 Å². The number of fused-ring (bicyclic) bond motifs is 5. The highest BCUT2D eigenvalue weighted by Crippen LogP contribution is 2.58. The number of nitrogens with one attached hydrogen (secondary N) is 1. The molecule has 4 aliphatic carbocycles. The van der Waals surface area contributed by atoms with E-state index in [1.165, 1.54) is 32.2 Å². The maximum Gasteiger partial charge on any atom is 0.0101 e. The molecule has 0 saturated heterocycles. The summed E-state index contributed by atoms with van der Waals surface area (Å²) in [4.78, 5) is 0. The highest BCUT2D eigenvalue weighted by molar-refractivity contribution is 5.08. The van der Waals surface area contributed by atoms with Crippen LogP contribution in [0.1, 0.15) is 58.8 Å². The first-order chi connectivity index (χ1) is 9.70. The monoisotopic (exact) mass is 273 g/mol. The second-order valence-electron chi connectivity index (χ2n) is 8.46. The van der Waals surface area contributed by atoms with Gasteiger partial charge in [0.15, 0.2) is 0 Å². The third-order valence-corrected chi connectivity index (χ3v) is 6.98. The van der Waals surface area contributed by atoms with E-state index in [1.54, 1.807) is 24.8 Å². The number of rotatable bonds is 3. The Bertz CT molecular complexity index is 399. The smallest absolute Gasteiger partial charge is 0.0101 e. The minimum absolute atomic E-state index is 0.801. The van der Waals surface area contributed by atoms with Gasteiger partial charge in [0.25, 0.3) is 0 Å². The van der Waals surface area contributed by atoms with Gasteiger partial charge in [-0.1, -0.05) is 25.0 Å². The summed E-state index contributed by atoms with van der Waals surface area (Å²) in [6.07, 6.45) is 12.9. The van der Waals surface area contributed by atoms with E-state index in [-0.39, 0.29) is 0 Å². The van der Waals surface area contributed by atoms with Crippen molar-refractivity contribution in [1.29, 1.82) is 0 Å². The predicted molar refractivity (Wildman–Crippen MR) is 84.5 cm³/mol. The third kappa shape index (κ3) is 2.26. The Kier molecular flexibility index (Phi) is 3.45. The molecule has 1 nitrogen and oxygen atoms in total. The molecule has 7 atom stereocenters. The Hall–Kier alpha value is -0.300. The van der Waals surface area contributed by atoms with Crippen molar-refractivity contribution in [3.05, 3.63) is 11.6 Å². The minimum Gasteiger partial charge on any atom is -0.313 e. The van der Waals surface area contributed by atoms with Crippen LogP contribution in [0.4, 0.5) is 0 Å². The van der Waals surface area contributed by atoms with Crippen molar-refractivity contribution in [2.45, 2.75) is 64.8 Å². The fourth-order valence-electron chi connectivity index (χ4n) is 6.46. The molecule has 3 fully saturated rings. The van der Waals surface area contributed by atoms with Crippen LogP contribution < -0.4 is 5.32 Å². The van der Waals surface area contributed by atoms with Crippen molar-refractivity contribution in [2.24, 2.45) is 35.5 Å². The molecule has 0 aliphatic heterocycles. The lowest BCUT2D eigenvalue weighted by Crippen LogP contribution is -2.41. The van der Waals surface area contributed by atoms with Crippen LogP contribution in [0.5, 0.6) is 0 Å². The van der Waals surface area contributed by atoms with Gasteiger partial charge in [-0.3, -0.25) is 0 Å². The summed E-state index contributed by atoms with van der Waals surface area (Å²) in [6.45, 7) is 5.99. The van der Waals surface area contributed by atoms with Crippen LogP contribution in [0.2, 0.25) is 0 Å². The van der Waals surface area contributed by atoms with E-state index in [2.05, 4.69) is 25.2 Å². The van der Waals surface area contributed by atoms with Crippen molar-refractivity contribution in [3.63, 3.8) is 0 Å². The lowest BCUT2D eigenvalue weighted by Gasteiger charge is -2.34. The van der Waals surface area contributed by atoms with Crippen LogP contribution in [0.3, 0.4) is 0 Å². The molecule has 4 aliphatic rings. The highest BCUT2D eigenvalue weighted by atomic mass is 14.9. The zero-order valence-corrected chi connectivity index (χ0v) is 13.3. The van der Waals surface area contributed by atoms with Gasteiger partial charge in [-0.25, -0.2) is 0 Å². The van der Waals surface area contributed by atoms with Crippen LogP contribution in [0.15, 0.2) is 11.6 Å². The fraction of sp³-hybridized carbons (Fsp3) is 0.895. The molecule has 3 saturated carbocycles. The normalized spacial score (nSPS) is 50.3. The quantitative estimate of drug-likeness (QED) is 0.752. The van der Waals surface area contributed by atoms with Crippen molar-refractivity contribution < 1.29 is 0 Å². The Labute approximate surface area is 124 Å². The van der Waals surface area contributed by atoms with Crippen LogP contribution in [0, 0.1) is 35.5 Å². The molecule has 112 valence electrons. The molecule has 4 rings (SSSR count). The molecule has 0 amide bonds. The molecule has 0 aromatic heterocycles. The topological polar surface area (TPSA) is 12.0 Å². The lowest BCUT2D eigenvalue weighted by molar-refractivity contribution is 0.200.